The van der Waals surface area contributed by atoms with Gasteiger partial charge in [-0.05, 0) is 17.7 Å². The molecule has 0 spiro atoms. The molecule has 68 valence electrons. The largest absolute Gasteiger partial charge is 0.392 e. The van der Waals surface area contributed by atoms with Crippen molar-refractivity contribution in [3.63, 3.8) is 0 Å². The standard InChI is InChI=1S/C9H6BrClOS/c10-6-1-5(3-12)9-7(2-6)8(11)4-13-9/h1-2,4,12H,3H2. The predicted octanol–water partition coefficient (Wildman–Crippen LogP) is 3.81. The van der Waals surface area contributed by atoms with E-state index in [9.17, 15) is 0 Å². The van der Waals surface area contributed by atoms with Crippen molar-refractivity contribution in [2.24, 2.45) is 0 Å². The van der Waals surface area contributed by atoms with Gasteiger partial charge in [0, 0.05) is 19.9 Å². The van der Waals surface area contributed by atoms with Crippen LogP contribution in [0.2, 0.25) is 5.02 Å². The van der Waals surface area contributed by atoms with E-state index < -0.39 is 0 Å². The molecule has 0 aliphatic rings. The Bertz CT molecular complexity index is 452. The van der Waals surface area contributed by atoms with E-state index in [0.29, 0.717) is 0 Å². The van der Waals surface area contributed by atoms with Gasteiger partial charge in [-0.15, -0.1) is 11.3 Å². The zero-order valence-electron chi connectivity index (χ0n) is 6.55. The molecule has 0 amide bonds. The highest BCUT2D eigenvalue weighted by Crippen LogP contribution is 2.34. The maximum atomic E-state index is 9.11. The van der Waals surface area contributed by atoms with Crippen LogP contribution in [0.1, 0.15) is 5.56 Å². The summed E-state index contributed by atoms with van der Waals surface area (Å²) in [5, 5.41) is 12.7. The van der Waals surface area contributed by atoms with Crippen LogP contribution < -0.4 is 0 Å². The molecule has 13 heavy (non-hydrogen) atoms. The number of aliphatic hydroxyl groups excluding tert-OH is 1. The monoisotopic (exact) mass is 276 g/mol. The number of hydrogen-bond donors (Lipinski definition) is 1. The molecule has 1 heterocycles. The van der Waals surface area contributed by atoms with Gasteiger partial charge < -0.3 is 5.11 Å². The van der Waals surface area contributed by atoms with Crippen molar-refractivity contribution in [3.05, 3.63) is 32.6 Å². The van der Waals surface area contributed by atoms with Crippen molar-refractivity contribution in [1.82, 2.24) is 0 Å². The minimum Gasteiger partial charge on any atom is -0.392 e. The molecule has 0 radical (unpaired) electrons. The van der Waals surface area contributed by atoms with Gasteiger partial charge in [-0.1, -0.05) is 27.5 Å². The van der Waals surface area contributed by atoms with Gasteiger partial charge in [0.25, 0.3) is 0 Å². The van der Waals surface area contributed by atoms with Crippen molar-refractivity contribution in [3.8, 4) is 0 Å². The van der Waals surface area contributed by atoms with Crippen molar-refractivity contribution < 1.29 is 5.11 Å². The first-order valence-corrected chi connectivity index (χ1v) is 5.73. The van der Waals surface area contributed by atoms with Crippen molar-refractivity contribution in [2.75, 3.05) is 0 Å². The second-order valence-corrected chi connectivity index (χ2v) is 4.89. The van der Waals surface area contributed by atoms with E-state index in [1.807, 2.05) is 17.5 Å². The molecule has 0 saturated carbocycles. The molecular weight excluding hydrogens is 272 g/mol. The summed E-state index contributed by atoms with van der Waals surface area (Å²) in [6.07, 6.45) is 0. The Balaban J connectivity index is 2.84. The van der Waals surface area contributed by atoms with Gasteiger partial charge in [0.15, 0.2) is 0 Å². The van der Waals surface area contributed by atoms with Gasteiger partial charge in [-0.25, -0.2) is 0 Å². The topological polar surface area (TPSA) is 20.2 Å². The first-order chi connectivity index (χ1) is 6.22. The van der Waals surface area contributed by atoms with Crippen molar-refractivity contribution >= 4 is 49.0 Å². The van der Waals surface area contributed by atoms with E-state index in [4.69, 9.17) is 16.7 Å². The van der Waals surface area contributed by atoms with E-state index in [1.54, 1.807) is 11.3 Å². The van der Waals surface area contributed by atoms with Gasteiger partial charge in [-0.2, -0.15) is 0 Å². The van der Waals surface area contributed by atoms with Crippen LogP contribution in [0.15, 0.2) is 22.0 Å². The molecule has 0 aliphatic carbocycles. The molecule has 1 aromatic carbocycles. The lowest BCUT2D eigenvalue weighted by molar-refractivity contribution is 0.283. The second kappa shape index (κ2) is 3.58. The number of hydrogen-bond acceptors (Lipinski definition) is 2. The minimum atomic E-state index is 0.0484. The Labute approximate surface area is 93.1 Å². The number of halogens is 2. The summed E-state index contributed by atoms with van der Waals surface area (Å²) in [5.41, 5.74) is 0.918. The Hall–Kier alpha value is -0.0900. The van der Waals surface area contributed by atoms with Crippen LogP contribution in [0, 0.1) is 0 Å². The Morgan fingerprint density at radius 3 is 2.92 bits per heavy atom. The van der Waals surface area contributed by atoms with E-state index in [-0.39, 0.29) is 6.61 Å². The third-order valence-electron chi connectivity index (χ3n) is 1.84. The molecular formula is C9H6BrClOS. The second-order valence-electron chi connectivity index (χ2n) is 2.68. The summed E-state index contributed by atoms with van der Waals surface area (Å²) < 4.78 is 2.01. The summed E-state index contributed by atoms with van der Waals surface area (Å²) in [5.74, 6) is 0. The van der Waals surface area contributed by atoms with E-state index in [0.717, 1.165) is 25.1 Å². The zero-order valence-corrected chi connectivity index (χ0v) is 9.71. The Kier molecular flexibility index (Phi) is 2.60. The summed E-state index contributed by atoms with van der Waals surface area (Å²) in [6, 6.07) is 3.88. The zero-order chi connectivity index (χ0) is 9.42. The van der Waals surface area contributed by atoms with Crippen LogP contribution >= 0.6 is 38.9 Å². The maximum absolute atomic E-state index is 9.11. The van der Waals surface area contributed by atoms with Gasteiger partial charge in [-0.3, -0.25) is 0 Å². The smallest absolute Gasteiger partial charge is 0.0696 e. The number of rotatable bonds is 1. The number of thiophene rings is 1. The van der Waals surface area contributed by atoms with E-state index in [2.05, 4.69) is 15.9 Å². The molecule has 0 saturated heterocycles. The maximum Gasteiger partial charge on any atom is 0.0696 e. The SMILES string of the molecule is OCc1cc(Br)cc2c(Cl)csc12. The molecule has 0 atom stereocenters. The summed E-state index contributed by atoms with van der Waals surface area (Å²) in [4.78, 5) is 0. The fourth-order valence-electron chi connectivity index (χ4n) is 1.26. The van der Waals surface area contributed by atoms with Crippen LogP contribution in [0.3, 0.4) is 0 Å². The van der Waals surface area contributed by atoms with Crippen LogP contribution in [-0.4, -0.2) is 5.11 Å². The van der Waals surface area contributed by atoms with Gasteiger partial charge >= 0.3 is 0 Å². The summed E-state index contributed by atoms with van der Waals surface area (Å²) in [7, 11) is 0. The fraction of sp³-hybridized carbons (Fsp3) is 0.111. The lowest BCUT2D eigenvalue weighted by atomic mass is 10.2. The van der Waals surface area contributed by atoms with Gasteiger partial charge in [0.1, 0.15) is 0 Å². The van der Waals surface area contributed by atoms with Gasteiger partial charge in [0.05, 0.1) is 11.6 Å². The molecule has 0 aliphatic heterocycles. The lowest BCUT2D eigenvalue weighted by Gasteiger charge is -1.99. The molecule has 4 heteroatoms. The molecule has 1 aromatic heterocycles. The van der Waals surface area contributed by atoms with Crippen molar-refractivity contribution in [2.45, 2.75) is 6.61 Å². The Morgan fingerprint density at radius 1 is 1.46 bits per heavy atom. The third-order valence-corrected chi connectivity index (χ3v) is 3.81. The minimum absolute atomic E-state index is 0.0484. The molecule has 0 bridgehead atoms. The van der Waals surface area contributed by atoms with Crippen LogP contribution in [0.5, 0.6) is 0 Å². The quantitative estimate of drug-likeness (QED) is 0.840. The first-order valence-electron chi connectivity index (χ1n) is 3.68. The highest BCUT2D eigenvalue weighted by Gasteiger charge is 2.07. The lowest BCUT2D eigenvalue weighted by Crippen LogP contribution is -1.82. The van der Waals surface area contributed by atoms with Crippen LogP contribution in [0.25, 0.3) is 10.1 Å². The predicted molar refractivity (Wildman–Crippen MR) is 60.5 cm³/mol. The van der Waals surface area contributed by atoms with Gasteiger partial charge in [0.2, 0.25) is 0 Å². The highest BCUT2D eigenvalue weighted by molar-refractivity contribution is 9.10. The first kappa shape index (κ1) is 9.46. The molecule has 0 unspecified atom stereocenters. The number of aliphatic hydroxyl groups is 1. The molecule has 1 N–H and O–H groups in total. The van der Waals surface area contributed by atoms with Crippen LogP contribution in [-0.2, 0) is 6.61 Å². The summed E-state index contributed by atoms with van der Waals surface area (Å²) >= 11 is 10.9. The molecule has 0 fully saturated rings. The normalized spacial score (nSPS) is 11.0. The molecule has 1 nitrogen and oxygen atoms in total. The highest BCUT2D eigenvalue weighted by atomic mass is 79.9. The third kappa shape index (κ3) is 1.62. The number of benzene rings is 1. The molecule has 2 rings (SSSR count). The van der Waals surface area contributed by atoms with Crippen LogP contribution in [0.4, 0.5) is 0 Å². The molecule has 2 aromatic rings. The number of fused-ring (bicyclic) bond motifs is 1. The Morgan fingerprint density at radius 2 is 2.23 bits per heavy atom. The van der Waals surface area contributed by atoms with E-state index >= 15 is 0 Å². The van der Waals surface area contributed by atoms with E-state index in [1.165, 1.54) is 0 Å². The average molecular weight is 278 g/mol. The average Bonchev–Trinajstić information content (AvgIpc) is 2.47. The fourth-order valence-corrected chi connectivity index (χ4v) is 3.02. The van der Waals surface area contributed by atoms with Crippen molar-refractivity contribution in [1.29, 1.82) is 0 Å². The summed E-state index contributed by atoms with van der Waals surface area (Å²) in [6.45, 7) is 0.0484.